The van der Waals surface area contributed by atoms with Crippen molar-refractivity contribution in [1.29, 1.82) is 0 Å². The van der Waals surface area contributed by atoms with Crippen LogP contribution in [0.1, 0.15) is 17.5 Å². The van der Waals surface area contributed by atoms with E-state index in [1.54, 1.807) is 15.6 Å². The van der Waals surface area contributed by atoms with Crippen LogP contribution in [0.3, 0.4) is 0 Å². The summed E-state index contributed by atoms with van der Waals surface area (Å²) in [6, 6.07) is 7.90. The molecule has 2 amide bonds. The van der Waals surface area contributed by atoms with Crippen LogP contribution in [0.5, 0.6) is 0 Å². The topological polar surface area (TPSA) is 71.6 Å². The Morgan fingerprint density at radius 1 is 1.22 bits per heavy atom. The van der Waals surface area contributed by atoms with Gasteiger partial charge in [0.15, 0.2) is 0 Å². The minimum atomic E-state index is -0.304. The van der Waals surface area contributed by atoms with Crippen molar-refractivity contribution in [3.05, 3.63) is 66.1 Å². The van der Waals surface area contributed by atoms with Crippen molar-refractivity contribution >= 4 is 23.1 Å². The summed E-state index contributed by atoms with van der Waals surface area (Å²) in [7, 11) is 1.93. The van der Waals surface area contributed by atoms with Gasteiger partial charge in [-0.15, -0.1) is 0 Å². The average Bonchev–Trinajstić information content (AvgIpc) is 3.27. The number of carbonyl (C=O) groups is 2. The van der Waals surface area contributed by atoms with Gasteiger partial charge < -0.3 is 14.8 Å². The molecule has 0 fully saturated rings. The van der Waals surface area contributed by atoms with Gasteiger partial charge in [0.2, 0.25) is 5.91 Å². The molecule has 27 heavy (non-hydrogen) atoms. The molecule has 0 bridgehead atoms. The molecule has 1 aromatic carbocycles. The van der Waals surface area contributed by atoms with Crippen LogP contribution in [0.2, 0.25) is 0 Å². The molecule has 0 saturated carbocycles. The van der Waals surface area contributed by atoms with Crippen LogP contribution in [-0.4, -0.2) is 32.5 Å². The number of aryl methyl sites for hydroxylation is 2. The molecule has 7 heteroatoms. The molecule has 0 unspecified atom stereocenters. The number of carbonyl (C=O) groups excluding carboxylic acids is 2. The highest BCUT2D eigenvalue weighted by atomic mass is 16.2. The number of benzene rings is 1. The average molecular weight is 363 g/mol. The number of rotatable bonds is 4. The maximum atomic E-state index is 12.5. The van der Waals surface area contributed by atoms with Crippen LogP contribution in [0.15, 0.2) is 55.0 Å². The zero-order valence-electron chi connectivity index (χ0n) is 15.1. The summed E-state index contributed by atoms with van der Waals surface area (Å²) in [6.45, 7) is 1.02. The van der Waals surface area contributed by atoms with Crippen LogP contribution in [0.4, 0.5) is 5.69 Å². The Morgan fingerprint density at radius 3 is 2.96 bits per heavy atom. The van der Waals surface area contributed by atoms with Gasteiger partial charge in [0.05, 0.1) is 6.20 Å². The standard InChI is InChI=1S/C20H21N5O2/c1-23-11-12-25-20(23)16(14-22-25)13-21-18(26)8-9-19(27)24-10-4-6-15-5-2-3-7-17(15)24/h2-3,5,7-9,11-12,14H,4,6,10,13H2,1H3,(H,21,26)/b9-8+. The van der Waals surface area contributed by atoms with Crippen molar-refractivity contribution in [2.75, 3.05) is 11.4 Å². The fourth-order valence-electron chi connectivity index (χ4n) is 3.49. The Bertz CT molecular complexity index is 1030. The zero-order valence-corrected chi connectivity index (χ0v) is 15.1. The third-order valence-electron chi connectivity index (χ3n) is 4.81. The summed E-state index contributed by atoms with van der Waals surface area (Å²) in [4.78, 5) is 26.4. The highest BCUT2D eigenvalue weighted by Gasteiger charge is 2.20. The number of amides is 2. The first-order chi connectivity index (χ1) is 13.1. The van der Waals surface area contributed by atoms with E-state index in [0.29, 0.717) is 13.1 Å². The zero-order chi connectivity index (χ0) is 18.8. The Balaban J connectivity index is 1.39. The third-order valence-corrected chi connectivity index (χ3v) is 4.81. The van der Waals surface area contributed by atoms with Crippen molar-refractivity contribution < 1.29 is 9.59 Å². The monoisotopic (exact) mass is 363 g/mol. The summed E-state index contributed by atoms with van der Waals surface area (Å²) in [5, 5.41) is 7.05. The molecule has 0 saturated heterocycles. The van der Waals surface area contributed by atoms with E-state index in [2.05, 4.69) is 10.4 Å². The van der Waals surface area contributed by atoms with Gasteiger partial charge in [0.25, 0.3) is 5.91 Å². The third kappa shape index (κ3) is 3.36. The van der Waals surface area contributed by atoms with Gasteiger partial charge in [-0.3, -0.25) is 9.59 Å². The van der Waals surface area contributed by atoms with E-state index < -0.39 is 0 Å². The molecule has 3 heterocycles. The Labute approximate surface area is 156 Å². The van der Waals surface area contributed by atoms with Gasteiger partial charge in [-0.25, -0.2) is 4.52 Å². The number of aromatic nitrogens is 3. The van der Waals surface area contributed by atoms with Crippen LogP contribution in [0, 0.1) is 0 Å². The number of nitrogens with one attached hydrogen (secondary N) is 1. The molecule has 3 aromatic rings. The molecule has 0 spiro atoms. The lowest BCUT2D eigenvalue weighted by atomic mass is 10.0. The minimum absolute atomic E-state index is 0.173. The van der Waals surface area contributed by atoms with Crippen molar-refractivity contribution in [3.8, 4) is 0 Å². The van der Waals surface area contributed by atoms with Crippen molar-refractivity contribution in [2.24, 2.45) is 7.05 Å². The molecular formula is C20H21N5O2. The van der Waals surface area contributed by atoms with Gasteiger partial charge >= 0.3 is 0 Å². The number of imidazole rings is 1. The second-order valence-electron chi connectivity index (χ2n) is 6.62. The summed E-state index contributed by atoms with van der Waals surface area (Å²) in [5.41, 5.74) is 3.95. The van der Waals surface area contributed by atoms with E-state index in [1.165, 1.54) is 17.7 Å². The summed E-state index contributed by atoms with van der Waals surface area (Å²) in [5.74, 6) is -0.477. The molecule has 138 valence electrons. The molecule has 4 rings (SSSR count). The number of hydrogen-bond donors (Lipinski definition) is 1. The summed E-state index contributed by atoms with van der Waals surface area (Å²) >= 11 is 0. The summed E-state index contributed by atoms with van der Waals surface area (Å²) in [6.07, 6.45) is 10.0. The smallest absolute Gasteiger partial charge is 0.251 e. The fraction of sp³-hybridized carbons (Fsp3) is 0.250. The highest BCUT2D eigenvalue weighted by Crippen LogP contribution is 2.26. The molecular weight excluding hydrogens is 342 g/mol. The lowest BCUT2D eigenvalue weighted by Crippen LogP contribution is -2.34. The quantitative estimate of drug-likeness (QED) is 0.719. The van der Waals surface area contributed by atoms with Gasteiger partial charge in [-0.1, -0.05) is 18.2 Å². The fourth-order valence-corrected chi connectivity index (χ4v) is 3.49. The van der Waals surface area contributed by atoms with Gasteiger partial charge in [0, 0.05) is 55.9 Å². The van der Waals surface area contributed by atoms with E-state index in [9.17, 15) is 9.59 Å². The number of anilines is 1. The first-order valence-corrected chi connectivity index (χ1v) is 8.96. The van der Waals surface area contributed by atoms with Crippen molar-refractivity contribution in [1.82, 2.24) is 19.5 Å². The molecule has 2 aromatic heterocycles. The normalized spacial score (nSPS) is 13.9. The van der Waals surface area contributed by atoms with Gasteiger partial charge in [-0.2, -0.15) is 5.10 Å². The molecule has 1 aliphatic rings. The molecule has 0 aliphatic carbocycles. The van der Waals surface area contributed by atoms with Crippen LogP contribution >= 0.6 is 0 Å². The number of fused-ring (bicyclic) bond motifs is 2. The van der Waals surface area contributed by atoms with Gasteiger partial charge in [-0.05, 0) is 24.5 Å². The van der Waals surface area contributed by atoms with Crippen LogP contribution in [0.25, 0.3) is 5.65 Å². The van der Waals surface area contributed by atoms with Crippen LogP contribution in [-0.2, 0) is 29.6 Å². The van der Waals surface area contributed by atoms with Crippen LogP contribution < -0.4 is 10.2 Å². The Morgan fingerprint density at radius 2 is 2.07 bits per heavy atom. The maximum Gasteiger partial charge on any atom is 0.251 e. The predicted molar refractivity (Wildman–Crippen MR) is 102 cm³/mol. The SMILES string of the molecule is Cn1ccn2ncc(CNC(=O)/C=C/C(=O)N3CCCc4ccccc43)c12. The minimum Gasteiger partial charge on any atom is -0.348 e. The van der Waals surface area contributed by atoms with E-state index in [-0.39, 0.29) is 11.8 Å². The molecule has 0 radical (unpaired) electrons. The Kier molecular flexibility index (Phi) is 4.50. The van der Waals surface area contributed by atoms with E-state index in [1.807, 2.05) is 48.3 Å². The van der Waals surface area contributed by atoms with E-state index >= 15 is 0 Å². The van der Waals surface area contributed by atoms with Crippen molar-refractivity contribution in [3.63, 3.8) is 0 Å². The molecule has 0 atom stereocenters. The lowest BCUT2D eigenvalue weighted by molar-refractivity contribution is -0.118. The largest absolute Gasteiger partial charge is 0.348 e. The molecule has 7 nitrogen and oxygen atoms in total. The van der Waals surface area contributed by atoms with E-state index in [0.717, 1.165) is 29.7 Å². The van der Waals surface area contributed by atoms with Gasteiger partial charge in [0.1, 0.15) is 5.65 Å². The number of nitrogens with zero attached hydrogens (tertiary/aromatic N) is 4. The lowest BCUT2D eigenvalue weighted by Gasteiger charge is -2.28. The number of hydrogen-bond acceptors (Lipinski definition) is 3. The Hall–Kier alpha value is -3.35. The second-order valence-corrected chi connectivity index (χ2v) is 6.62. The van der Waals surface area contributed by atoms with E-state index in [4.69, 9.17) is 0 Å². The first-order valence-electron chi connectivity index (χ1n) is 8.96. The second kappa shape index (κ2) is 7.11. The first kappa shape index (κ1) is 17.1. The summed E-state index contributed by atoms with van der Waals surface area (Å²) < 4.78 is 3.70. The maximum absolute atomic E-state index is 12.5. The molecule has 1 aliphatic heterocycles. The predicted octanol–water partition coefficient (Wildman–Crippen LogP) is 1.82. The highest BCUT2D eigenvalue weighted by molar-refractivity contribution is 6.05. The van der Waals surface area contributed by atoms with Crippen molar-refractivity contribution in [2.45, 2.75) is 19.4 Å². The molecule has 1 N–H and O–H groups in total. The number of para-hydroxylation sites is 1.